The Kier molecular flexibility index (Phi) is 9.83. The Labute approximate surface area is 355 Å². The van der Waals surface area contributed by atoms with Crippen LogP contribution in [0.5, 0.6) is 0 Å². The van der Waals surface area contributed by atoms with Crippen LogP contribution in [0.2, 0.25) is 0 Å². The van der Waals surface area contributed by atoms with Crippen molar-refractivity contribution in [3.63, 3.8) is 0 Å². The highest BCUT2D eigenvalue weighted by Crippen LogP contribution is 2.40. The molecule has 274 valence electrons. The summed E-state index contributed by atoms with van der Waals surface area (Å²) in [4.78, 5) is 0. The minimum atomic E-state index is -0.667. The molecule has 60 heavy (non-hydrogen) atoms. The van der Waals surface area contributed by atoms with Crippen LogP contribution in [0.3, 0.4) is 0 Å². The third-order valence-electron chi connectivity index (χ3n) is 11.3. The van der Waals surface area contributed by atoms with E-state index in [-0.39, 0.29) is 0 Å². The second kappa shape index (κ2) is 15.9. The fourth-order valence-corrected chi connectivity index (χ4v) is 8.63. The molecule has 2 heterocycles. The van der Waals surface area contributed by atoms with Gasteiger partial charge in [-0.1, -0.05) is 152 Å². The SMILES string of the molecule is [B]B([B])[B].c1ccc(-c2ccc(-n3c4ccccc4c4cc(-c5ccc6c(c5)c5ccccc5n6-c5cc(-c6ccccc6)cc(-c6ccccc6)c5)ccc43)cc2)cc1. The van der Waals surface area contributed by atoms with Gasteiger partial charge in [-0.05, 0) is 111 Å². The van der Waals surface area contributed by atoms with Gasteiger partial charge in [0.25, 0.3) is 0 Å². The summed E-state index contributed by atoms with van der Waals surface area (Å²) in [5, 5.41) is 4.98. The highest BCUT2D eigenvalue weighted by atomic mass is 15.0. The highest BCUT2D eigenvalue weighted by Gasteiger charge is 2.17. The van der Waals surface area contributed by atoms with Crippen molar-refractivity contribution < 1.29 is 0 Å². The number of nitrogens with zero attached hydrogens (tertiary/aromatic N) is 2. The number of rotatable bonds is 6. The molecule has 0 saturated carbocycles. The quantitative estimate of drug-likeness (QED) is 0.150. The topological polar surface area (TPSA) is 9.86 Å². The van der Waals surface area contributed by atoms with Crippen molar-refractivity contribution in [2.75, 3.05) is 0 Å². The third-order valence-corrected chi connectivity index (χ3v) is 11.3. The average molecular weight is 756 g/mol. The molecule has 11 rings (SSSR count). The molecule has 11 aromatic rings. The van der Waals surface area contributed by atoms with E-state index in [0.29, 0.717) is 0 Å². The maximum absolute atomic E-state index is 4.67. The lowest BCUT2D eigenvalue weighted by Gasteiger charge is -2.14. The number of hydrogen-bond acceptors (Lipinski definition) is 0. The smallest absolute Gasteiger partial charge is 0.0541 e. The molecule has 9 aromatic carbocycles. The minimum Gasteiger partial charge on any atom is -0.309 e. The van der Waals surface area contributed by atoms with Crippen LogP contribution in [0.4, 0.5) is 0 Å². The molecule has 0 aliphatic heterocycles. The van der Waals surface area contributed by atoms with Crippen LogP contribution >= 0.6 is 0 Å². The van der Waals surface area contributed by atoms with Crippen molar-refractivity contribution >= 4 is 73.2 Å². The molecule has 0 unspecified atom stereocenters. The Morgan fingerprint density at radius 3 is 1.03 bits per heavy atom. The molecule has 0 fully saturated rings. The summed E-state index contributed by atoms with van der Waals surface area (Å²) in [5.74, 6) is 0. The summed E-state index contributed by atoms with van der Waals surface area (Å²) in [5.41, 5.74) is 16.8. The minimum absolute atomic E-state index is 0.667. The van der Waals surface area contributed by atoms with Crippen molar-refractivity contribution in [3.8, 4) is 55.9 Å². The van der Waals surface area contributed by atoms with E-state index in [4.69, 9.17) is 0 Å². The van der Waals surface area contributed by atoms with Gasteiger partial charge >= 0.3 is 0 Å². The first-order valence-electron chi connectivity index (χ1n) is 20.3. The highest BCUT2D eigenvalue weighted by molar-refractivity contribution is 7.49. The Morgan fingerprint density at radius 2 is 0.583 bits per heavy atom. The maximum atomic E-state index is 4.67. The number of fused-ring (bicyclic) bond motifs is 6. The van der Waals surface area contributed by atoms with E-state index >= 15 is 0 Å². The van der Waals surface area contributed by atoms with E-state index < -0.39 is 6.39 Å². The van der Waals surface area contributed by atoms with E-state index in [9.17, 15) is 0 Å². The first-order chi connectivity index (χ1) is 29.5. The van der Waals surface area contributed by atoms with E-state index in [1.165, 1.54) is 88.1 Å². The van der Waals surface area contributed by atoms with Crippen molar-refractivity contribution in [1.82, 2.24) is 9.13 Å². The van der Waals surface area contributed by atoms with Gasteiger partial charge in [-0.15, -0.1) is 0 Å². The molecule has 6 radical (unpaired) electrons. The molecule has 2 nitrogen and oxygen atoms in total. The second-order valence-corrected chi connectivity index (χ2v) is 15.2. The molecule has 0 atom stereocenters. The number of aromatic nitrogens is 2. The van der Waals surface area contributed by atoms with Gasteiger partial charge in [0.2, 0.25) is 0 Å². The number of para-hydroxylation sites is 2. The van der Waals surface area contributed by atoms with Gasteiger partial charge in [0.15, 0.2) is 0 Å². The van der Waals surface area contributed by atoms with E-state index in [1.807, 2.05) is 0 Å². The Balaban J connectivity index is 0.00000104. The second-order valence-electron chi connectivity index (χ2n) is 15.2. The Bertz CT molecular complexity index is 3220. The summed E-state index contributed by atoms with van der Waals surface area (Å²) in [6, 6.07) is 79.4. The first kappa shape index (κ1) is 37.1. The zero-order chi connectivity index (χ0) is 40.6. The van der Waals surface area contributed by atoms with Gasteiger partial charge < -0.3 is 9.13 Å². The molecule has 0 spiro atoms. The van der Waals surface area contributed by atoms with Gasteiger partial charge in [0.1, 0.15) is 0 Å². The van der Waals surface area contributed by atoms with Crippen molar-refractivity contribution in [1.29, 1.82) is 0 Å². The number of benzene rings is 9. The molecule has 0 aliphatic rings. The van der Waals surface area contributed by atoms with Gasteiger partial charge in [0, 0.05) is 62.5 Å². The lowest BCUT2D eigenvalue weighted by molar-refractivity contribution is 1.18. The van der Waals surface area contributed by atoms with Crippen LogP contribution in [0.15, 0.2) is 218 Å². The molecular weight excluding hydrogens is 720 g/mol. The lowest BCUT2D eigenvalue weighted by Crippen LogP contribution is -2.11. The van der Waals surface area contributed by atoms with Crippen molar-refractivity contribution in [2.24, 2.45) is 0 Å². The summed E-state index contributed by atoms with van der Waals surface area (Å²) in [6.45, 7) is 0. The average Bonchev–Trinajstić information content (AvgIpc) is 3.82. The van der Waals surface area contributed by atoms with Crippen LogP contribution in [0, 0.1) is 0 Å². The summed E-state index contributed by atoms with van der Waals surface area (Å²) >= 11 is 0. The standard InChI is InChI=1S/C54H36N2.B4/c1-4-14-37(15-5-1)40-24-28-45(29-25-40)55-51-22-12-10-20-47(51)49-35-41(26-30-53(49)55)42-27-31-54-50(36-42)48-21-11-13-23-52(48)56(54)46-33-43(38-16-6-2-7-17-38)32-44(34-46)39-18-8-3-9-19-39;1-4(2)3/h1-36H;. The molecule has 0 bridgehead atoms. The van der Waals surface area contributed by atoms with Crippen molar-refractivity contribution in [3.05, 3.63) is 218 Å². The first-order valence-corrected chi connectivity index (χ1v) is 20.3. The third kappa shape index (κ3) is 6.95. The molecule has 2 aromatic heterocycles. The van der Waals surface area contributed by atoms with Gasteiger partial charge in [-0.3, -0.25) is 0 Å². The molecular formula is C54H36B4N2. The fraction of sp³-hybridized carbons (Fsp3) is 0. The predicted molar refractivity (Wildman–Crippen MR) is 260 cm³/mol. The summed E-state index contributed by atoms with van der Waals surface area (Å²) in [6.07, 6.45) is -0.667. The van der Waals surface area contributed by atoms with E-state index in [2.05, 4.69) is 251 Å². The largest absolute Gasteiger partial charge is 0.309 e. The normalized spacial score (nSPS) is 11.2. The molecule has 0 saturated heterocycles. The van der Waals surface area contributed by atoms with E-state index in [0.717, 1.165) is 11.4 Å². The monoisotopic (exact) mass is 756 g/mol. The van der Waals surface area contributed by atoms with Crippen LogP contribution in [0.1, 0.15) is 0 Å². The molecule has 6 heteroatoms. The van der Waals surface area contributed by atoms with Crippen LogP contribution in [0.25, 0.3) is 99.5 Å². The summed E-state index contributed by atoms with van der Waals surface area (Å²) in [7, 11) is 14.0. The predicted octanol–water partition coefficient (Wildman–Crippen LogP) is 13.0. The Hall–Kier alpha value is -7.16. The van der Waals surface area contributed by atoms with Crippen LogP contribution in [-0.2, 0) is 0 Å². The summed E-state index contributed by atoms with van der Waals surface area (Å²) < 4.78 is 4.83. The number of hydrogen-bond donors (Lipinski definition) is 0. The van der Waals surface area contributed by atoms with Gasteiger partial charge in [0.05, 0.1) is 22.1 Å². The molecule has 0 aliphatic carbocycles. The Morgan fingerprint density at radius 1 is 0.250 bits per heavy atom. The van der Waals surface area contributed by atoms with Gasteiger partial charge in [-0.25, -0.2) is 0 Å². The zero-order valence-corrected chi connectivity index (χ0v) is 33.0. The zero-order valence-electron chi connectivity index (χ0n) is 33.0. The lowest BCUT2D eigenvalue weighted by atomic mass is 9.08. The van der Waals surface area contributed by atoms with Crippen LogP contribution in [-0.4, -0.2) is 38.7 Å². The maximum Gasteiger partial charge on any atom is 0.0541 e. The van der Waals surface area contributed by atoms with Crippen molar-refractivity contribution in [2.45, 2.75) is 0 Å². The van der Waals surface area contributed by atoms with Gasteiger partial charge in [-0.2, -0.15) is 0 Å². The van der Waals surface area contributed by atoms with E-state index in [1.54, 1.807) is 0 Å². The molecule has 0 N–H and O–H groups in total. The van der Waals surface area contributed by atoms with Crippen LogP contribution < -0.4 is 0 Å². The fourth-order valence-electron chi connectivity index (χ4n) is 8.63. The molecule has 0 amide bonds.